The Morgan fingerprint density at radius 3 is 2.31 bits per heavy atom. The maximum Gasteiger partial charge on any atom is 0.253 e. The van der Waals surface area contributed by atoms with Crippen molar-refractivity contribution in [1.82, 2.24) is 34.6 Å². The molecule has 39 heavy (non-hydrogen) atoms. The van der Waals surface area contributed by atoms with E-state index in [9.17, 15) is 14.0 Å². The van der Waals surface area contributed by atoms with Crippen molar-refractivity contribution in [1.29, 1.82) is 0 Å². The first-order valence-electron chi connectivity index (χ1n) is 12.3. The van der Waals surface area contributed by atoms with Crippen LogP contribution < -0.4 is 10.6 Å². The molecule has 0 saturated carbocycles. The normalized spacial score (nSPS) is 13.7. The number of nitrogens with two attached hydrogens (primary N) is 1. The van der Waals surface area contributed by atoms with Crippen LogP contribution in [0.5, 0.6) is 0 Å². The van der Waals surface area contributed by atoms with Crippen molar-refractivity contribution in [3.8, 4) is 22.5 Å². The number of primary amides is 1. The number of nitrogens with one attached hydrogen (secondary N) is 1. The molecule has 5 aromatic rings. The van der Waals surface area contributed by atoms with Crippen LogP contribution in [0.1, 0.15) is 20.7 Å². The van der Waals surface area contributed by atoms with Gasteiger partial charge in [-0.05, 0) is 24.3 Å². The molecule has 11 nitrogen and oxygen atoms in total. The van der Waals surface area contributed by atoms with Gasteiger partial charge in [0, 0.05) is 74.1 Å². The van der Waals surface area contributed by atoms with Crippen molar-refractivity contribution in [2.75, 3.05) is 31.1 Å². The summed E-state index contributed by atoms with van der Waals surface area (Å²) in [6.07, 6.45) is 7.25. The lowest BCUT2D eigenvalue weighted by atomic mass is 10.1. The van der Waals surface area contributed by atoms with E-state index < -0.39 is 11.7 Å². The maximum atomic E-state index is 13.9. The van der Waals surface area contributed by atoms with Gasteiger partial charge in [-0.15, -0.1) is 0 Å². The molecule has 0 aliphatic carbocycles. The molecule has 1 saturated heterocycles. The van der Waals surface area contributed by atoms with Gasteiger partial charge >= 0.3 is 0 Å². The van der Waals surface area contributed by atoms with E-state index in [1.54, 1.807) is 52.4 Å². The van der Waals surface area contributed by atoms with E-state index in [1.165, 1.54) is 6.07 Å². The number of carbonyl (C=O) groups excluding carboxylic acids is 2. The Bertz CT molecular complexity index is 1690. The van der Waals surface area contributed by atoms with Crippen molar-refractivity contribution in [2.45, 2.75) is 0 Å². The van der Waals surface area contributed by atoms with Gasteiger partial charge < -0.3 is 20.5 Å². The van der Waals surface area contributed by atoms with Crippen LogP contribution in [0.3, 0.4) is 0 Å². The van der Waals surface area contributed by atoms with E-state index in [1.807, 2.05) is 13.2 Å². The zero-order valence-corrected chi connectivity index (χ0v) is 21.0. The Labute approximate surface area is 222 Å². The molecule has 2 amide bonds. The van der Waals surface area contributed by atoms with Crippen molar-refractivity contribution < 1.29 is 14.0 Å². The molecule has 1 aliphatic heterocycles. The number of aromatic amines is 1. The molecular formula is C27H24FN9O2. The van der Waals surface area contributed by atoms with E-state index in [0.717, 1.165) is 17.2 Å². The van der Waals surface area contributed by atoms with Gasteiger partial charge in [-0.25, -0.2) is 19.3 Å². The molecule has 1 aliphatic rings. The highest BCUT2D eigenvalue weighted by Gasteiger charge is 2.24. The van der Waals surface area contributed by atoms with Gasteiger partial charge in [0.2, 0.25) is 5.95 Å². The summed E-state index contributed by atoms with van der Waals surface area (Å²) in [5.41, 5.74) is 9.14. The number of imidazole rings is 1. The Balaban J connectivity index is 1.11. The first-order chi connectivity index (χ1) is 18.9. The van der Waals surface area contributed by atoms with Crippen LogP contribution in [0.2, 0.25) is 0 Å². The molecule has 0 spiro atoms. The highest BCUT2D eigenvalue weighted by Crippen LogP contribution is 2.25. The van der Waals surface area contributed by atoms with Gasteiger partial charge in [-0.1, -0.05) is 12.1 Å². The molecule has 3 N–H and O–H groups in total. The third-order valence-electron chi connectivity index (χ3n) is 6.75. The number of benzene rings is 2. The molecule has 196 valence electrons. The van der Waals surface area contributed by atoms with Gasteiger partial charge in [0.05, 0.1) is 17.3 Å². The van der Waals surface area contributed by atoms with Crippen LogP contribution >= 0.6 is 0 Å². The first-order valence-corrected chi connectivity index (χ1v) is 12.3. The van der Waals surface area contributed by atoms with E-state index in [0.29, 0.717) is 60.1 Å². The number of nitrogens with zero attached hydrogens (tertiary/aromatic N) is 7. The summed E-state index contributed by atoms with van der Waals surface area (Å²) in [6.45, 7) is 2.32. The molecule has 0 unspecified atom stereocenters. The van der Waals surface area contributed by atoms with Gasteiger partial charge in [-0.2, -0.15) is 5.10 Å². The summed E-state index contributed by atoms with van der Waals surface area (Å²) in [6, 6.07) is 9.31. The third kappa shape index (κ3) is 4.67. The van der Waals surface area contributed by atoms with E-state index in [-0.39, 0.29) is 11.5 Å². The van der Waals surface area contributed by atoms with Crippen LogP contribution in [-0.2, 0) is 7.05 Å². The Kier molecular flexibility index (Phi) is 5.98. The number of hydrogen-bond acceptors (Lipinski definition) is 7. The molecular weight excluding hydrogens is 501 g/mol. The van der Waals surface area contributed by atoms with Crippen LogP contribution in [0.15, 0.2) is 61.2 Å². The molecule has 3 aromatic heterocycles. The molecule has 0 radical (unpaired) electrons. The predicted molar refractivity (Wildman–Crippen MR) is 142 cm³/mol. The average Bonchev–Trinajstić information content (AvgIpc) is 3.59. The summed E-state index contributed by atoms with van der Waals surface area (Å²) in [5, 5.41) is 4.18. The molecule has 2 aromatic carbocycles. The second-order valence-electron chi connectivity index (χ2n) is 9.33. The van der Waals surface area contributed by atoms with Crippen molar-refractivity contribution in [2.24, 2.45) is 12.8 Å². The summed E-state index contributed by atoms with van der Waals surface area (Å²) in [5.74, 6) is -0.339. The van der Waals surface area contributed by atoms with Crippen molar-refractivity contribution in [3.63, 3.8) is 0 Å². The Morgan fingerprint density at radius 1 is 0.949 bits per heavy atom. The number of rotatable bonds is 5. The molecule has 6 rings (SSSR count). The topological polar surface area (TPSA) is 139 Å². The van der Waals surface area contributed by atoms with Crippen molar-refractivity contribution >= 4 is 28.8 Å². The summed E-state index contributed by atoms with van der Waals surface area (Å²) in [7, 11) is 1.86. The largest absolute Gasteiger partial charge is 0.366 e. The SMILES string of the molecule is Cn1cc(-c2cnc(N3CCN(C(=O)c4ccc(-c5nc6c(C(N)=O)cc(F)cc6[nH]5)cc4)CC3)nc2)cn1. The fraction of sp³-hybridized carbons (Fsp3) is 0.185. The second kappa shape index (κ2) is 9.63. The Hall–Kier alpha value is -5.13. The maximum absolute atomic E-state index is 13.9. The fourth-order valence-corrected chi connectivity index (χ4v) is 4.67. The van der Waals surface area contributed by atoms with Gasteiger partial charge in [0.25, 0.3) is 11.8 Å². The predicted octanol–water partition coefficient (Wildman–Crippen LogP) is 2.62. The van der Waals surface area contributed by atoms with Crippen molar-refractivity contribution in [3.05, 3.63) is 78.1 Å². The molecule has 1 fully saturated rings. The molecule has 0 atom stereocenters. The summed E-state index contributed by atoms with van der Waals surface area (Å²) >= 11 is 0. The number of amides is 2. The highest BCUT2D eigenvalue weighted by molar-refractivity contribution is 6.04. The van der Waals surface area contributed by atoms with Crippen LogP contribution in [0.4, 0.5) is 10.3 Å². The van der Waals surface area contributed by atoms with Crippen LogP contribution in [0, 0.1) is 5.82 Å². The van der Waals surface area contributed by atoms with Gasteiger partial charge in [-0.3, -0.25) is 14.3 Å². The minimum absolute atomic E-state index is 0.00766. The first kappa shape index (κ1) is 24.2. The number of piperazine rings is 1. The highest BCUT2D eigenvalue weighted by atomic mass is 19.1. The summed E-state index contributed by atoms with van der Waals surface area (Å²) < 4.78 is 15.6. The lowest BCUT2D eigenvalue weighted by Gasteiger charge is -2.34. The van der Waals surface area contributed by atoms with E-state index >= 15 is 0 Å². The smallest absolute Gasteiger partial charge is 0.253 e. The van der Waals surface area contributed by atoms with E-state index in [2.05, 4.69) is 29.9 Å². The molecule has 0 bridgehead atoms. The minimum Gasteiger partial charge on any atom is -0.366 e. The zero-order chi connectivity index (χ0) is 27.1. The third-order valence-corrected chi connectivity index (χ3v) is 6.75. The van der Waals surface area contributed by atoms with Crippen LogP contribution in [0.25, 0.3) is 33.5 Å². The van der Waals surface area contributed by atoms with E-state index in [4.69, 9.17) is 5.73 Å². The Morgan fingerprint density at radius 2 is 1.67 bits per heavy atom. The molecule has 12 heteroatoms. The minimum atomic E-state index is -0.757. The number of halogens is 1. The monoisotopic (exact) mass is 525 g/mol. The summed E-state index contributed by atoms with van der Waals surface area (Å²) in [4.78, 5) is 45.2. The number of fused-ring (bicyclic) bond motifs is 1. The quantitative estimate of drug-likeness (QED) is 0.360. The number of H-pyrrole nitrogens is 1. The standard InChI is InChI=1S/C27H24FN9O2/c1-35-15-19(14-32-35)18-12-30-27(31-13-18)37-8-6-36(7-9-37)26(39)17-4-2-16(3-5-17)25-33-22-11-20(28)10-21(24(29)38)23(22)34-25/h2-5,10-15H,6-9H2,1H3,(H2,29,38)(H,33,34). The number of carbonyl (C=O) groups is 2. The van der Waals surface area contributed by atoms with Crippen LogP contribution in [-0.4, -0.2) is 72.6 Å². The number of aryl methyl sites for hydroxylation is 1. The van der Waals surface area contributed by atoms with Gasteiger partial charge in [0.15, 0.2) is 0 Å². The number of aromatic nitrogens is 6. The van der Waals surface area contributed by atoms with Gasteiger partial charge in [0.1, 0.15) is 17.2 Å². The lowest BCUT2D eigenvalue weighted by Crippen LogP contribution is -2.49. The fourth-order valence-electron chi connectivity index (χ4n) is 4.67. The average molecular weight is 526 g/mol. The zero-order valence-electron chi connectivity index (χ0n) is 21.0. The lowest BCUT2D eigenvalue weighted by molar-refractivity contribution is 0.0746. The molecule has 4 heterocycles. The second-order valence-corrected chi connectivity index (χ2v) is 9.33. The number of hydrogen-bond donors (Lipinski definition) is 2. The number of anilines is 1.